The average molecular weight is 267 g/mol. The number of nitrogens with zero attached hydrogens (tertiary/aromatic N) is 1. The third-order valence-corrected chi connectivity index (χ3v) is 4.72. The molecule has 2 atom stereocenters. The van der Waals surface area contributed by atoms with Crippen molar-refractivity contribution in [3.05, 3.63) is 0 Å². The summed E-state index contributed by atoms with van der Waals surface area (Å²) in [6.07, 6.45) is 5.88. The molecular formula is C15H29N3O. The Morgan fingerprint density at radius 3 is 2.63 bits per heavy atom. The molecule has 110 valence electrons. The van der Waals surface area contributed by atoms with Crippen LogP contribution < -0.4 is 10.6 Å². The van der Waals surface area contributed by atoms with E-state index < -0.39 is 0 Å². The molecule has 0 aromatic carbocycles. The van der Waals surface area contributed by atoms with Crippen molar-refractivity contribution in [1.29, 1.82) is 0 Å². The van der Waals surface area contributed by atoms with Gasteiger partial charge in [0.1, 0.15) is 0 Å². The molecule has 0 radical (unpaired) electrons. The SMILES string of the molecule is CC1CCC(C(=O)NCCC2CCN(C)CC2)CN1. The first-order valence-electron chi connectivity index (χ1n) is 7.85. The number of carbonyl (C=O) groups is 1. The van der Waals surface area contributed by atoms with Gasteiger partial charge in [0.05, 0.1) is 5.92 Å². The summed E-state index contributed by atoms with van der Waals surface area (Å²) < 4.78 is 0. The van der Waals surface area contributed by atoms with Crippen LogP contribution in [-0.2, 0) is 4.79 Å². The third kappa shape index (κ3) is 4.77. The lowest BCUT2D eigenvalue weighted by Gasteiger charge is -2.29. The van der Waals surface area contributed by atoms with Crippen molar-refractivity contribution in [2.45, 2.75) is 45.1 Å². The lowest BCUT2D eigenvalue weighted by Crippen LogP contribution is -2.44. The molecule has 2 unspecified atom stereocenters. The molecule has 4 heteroatoms. The molecule has 2 rings (SSSR count). The topological polar surface area (TPSA) is 44.4 Å². The van der Waals surface area contributed by atoms with Crippen molar-refractivity contribution in [3.8, 4) is 0 Å². The summed E-state index contributed by atoms with van der Waals surface area (Å²) in [5.74, 6) is 1.25. The predicted octanol–water partition coefficient (Wildman–Crippen LogP) is 1.22. The summed E-state index contributed by atoms with van der Waals surface area (Å²) in [4.78, 5) is 14.4. The third-order valence-electron chi connectivity index (χ3n) is 4.72. The van der Waals surface area contributed by atoms with Gasteiger partial charge in [0, 0.05) is 19.1 Å². The molecular weight excluding hydrogens is 238 g/mol. The first-order valence-corrected chi connectivity index (χ1v) is 7.85. The summed E-state index contributed by atoms with van der Waals surface area (Å²) in [5, 5.41) is 6.52. The molecule has 2 saturated heterocycles. The van der Waals surface area contributed by atoms with Crippen LogP contribution in [0, 0.1) is 11.8 Å². The molecule has 1 amide bonds. The van der Waals surface area contributed by atoms with Crippen molar-refractivity contribution in [3.63, 3.8) is 0 Å². The summed E-state index contributed by atoms with van der Waals surface area (Å²) in [7, 11) is 2.19. The van der Waals surface area contributed by atoms with Crippen molar-refractivity contribution < 1.29 is 4.79 Å². The van der Waals surface area contributed by atoms with Crippen LogP contribution in [0.4, 0.5) is 0 Å². The zero-order valence-electron chi connectivity index (χ0n) is 12.5. The quantitative estimate of drug-likeness (QED) is 0.805. The van der Waals surface area contributed by atoms with Crippen molar-refractivity contribution in [2.75, 3.05) is 33.2 Å². The second kappa shape index (κ2) is 7.25. The van der Waals surface area contributed by atoms with Gasteiger partial charge in [-0.05, 0) is 65.1 Å². The van der Waals surface area contributed by atoms with Gasteiger partial charge in [0.25, 0.3) is 0 Å². The second-order valence-electron chi connectivity index (χ2n) is 6.41. The zero-order chi connectivity index (χ0) is 13.7. The summed E-state index contributed by atoms with van der Waals surface area (Å²) in [5.41, 5.74) is 0. The fourth-order valence-electron chi connectivity index (χ4n) is 3.12. The van der Waals surface area contributed by atoms with E-state index >= 15 is 0 Å². The minimum atomic E-state index is 0.189. The highest BCUT2D eigenvalue weighted by Crippen LogP contribution is 2.19. The highest BCUT2D eigenvalue weighted by Gasteiger charge is 2.24. The first kappa shape index (κ1) is 14.8. The Labute approximate surface area is 117 Å². The van der Waals surface area contributed by atoms with Crippen molar-refractivity contribution in [2.24, 2.45) is 11.8 Å². The van der Waals surface area contributed by atoms with Crippen LogP contribution in [0.5, 0.6) is 0 Å². The van der Waals surface area contributed by atoms with Crippen LogP contribution in [0.25, 0.3) is 0 Å². The lowest BCUT2D eigenvalue weighted by molar-refractivity contribution is -0.125. The van der Waals surface area contributed by atoms with Crippen LogP contribution in [0.3, 0.4) is 0 Å². The number of amides is 1. The highest BCUT2D eigenvalue weighted by atomic mass is 16.1. The van der Waals surface area contributed by atoms with E-state index in [1.54, 1.807) is 0 Å². The van der Waals surface area contributed by atoms with Crippen LogP contribution in [-0.4, -0.2) is 50.1 Å². The molecule has 2 fully saturated rings. The molecule has 0 aromatic rings. The largest absolute Gasteiger partial charge is 0.356 e. The predicted molar refractivity (Wildman–Crippen MR) is 78.0 cm³/mol. The van der Waals surface area contributed by atoms with Gasteiger partial charge in [-0.1, -0.05) is 0 Å². The summed E-state index contributed by atoms with van der Waals surface area (Å²) in [6.45, 7) is 6.32. The van der Waals surface area contributed by atoms with Crippen LogP contribution >= 0.6 is 0 Å². The Bertz CT molecular complexity index is 279. The molecule has 2 N–H and O–H groups in total. The minimum Gasteiger partial charge on any atom is -0.356 e. The van der Waals surface area contributed by atoms with Gasteiger partial charge < -0.3 is 15.5 Å². The Hall–Kier alpha value is -0.610. The van der Waals surface area contributed by atoms with E-state index in [9.17, 15) is 4.79 Å². The number of carbonyl (C=O) groups excluding carboxylic acids is 1. The molecule has 2 aliphatic rings. The fourth-order valence-corrected chi connectivity index (χ4v) is 3.12. The van der Waals surface area contributed by atoms with Crippen LogP contribution in [0.2, 0.25) is 0 Å². The Kier molecular flexibility index (Phi) is 5.64. The number of nitrogens with one attached hydrogen (secondary N) is 2. The molecule has 19 heavy (non-hydrogen) atoms. The summed E-state index contributed by atoms with van der Waals surface area (Å²) >= 11 is 0. The number of likely N-dealkylation sites (tertiary alicyclic amines) is 1. The Morgan fingerprint density at radius 2 is 2.00 bits per heavy atom. The standard InChI is InChI=1S/C15H29N3O/c1-12-3-4-14(11-17-12)15(19)16-8-5-13-6-9-18(2)10-7-13/h12-14,17H,3-11H2,1-2H3,(H,16,19). The van der Waals surface area contributed by atoms with E-state index in [2.05, 4.69) is 29.5 Å². The molecule has 0 spiro atoms. The maximum absolute atomic E-state index is 12.0. The smallest absolute Gasteiger partial charge is 0.224 e. The van der Waals surface area contributed by atoms with Gasteiger partial charge in [0.15, 0.2) is 0 Å². The van der Waals surface area contributed by atoms with E-state index in [0.717, 1.165) is 38.3 Å². The Balaban J connectivity index is 1.59. The Morgan fingerprint density at radius 1 is 1.26 bits per heavy atom. The minimum absolute atomic E-state index is 0.189. The van der Waals surface area contributed by atoms with Gasteiger partial charge in [-0.3, -0.25) is 4.79 Å². The van der Waals surface area contributed by atoms with Gasteiger partial charge in [0.2, 0.25) is 5.91 Å². The molecule has 2 heterocycles. The van der Waals surface area contributed by atoms with E-state index in [-0.39, 0.29) is 11.8 Å². The maximum Gasteiger partial charge on any atom is 0.224 e. The van der Waals surface area contributed by atoms with Crippen LogP contribution in [0.1, 0.15) is 39.0 Å². The van der Waals surface area contributed by atoms with Gasteiger partial charge in [-0.2, -0.15) is 0 Å². The van der Waals surface area contributed by atoms with E-state index in [0.29, 0.717) is 6.04 Å². The van der Waals surface area contributed by atoms with Gasteiger partial charge >= 0.3 is 0 Å². The van der Waals surface area contributed by atoms with Crippen LogP contribution in [0.15, 0.2) is 0 Å². The van der Waals surface area contributed by atoms with Gasteiger partial charge in [-0.15, -0.1) is 0 Å². The monoisotopic (exact) mass is 267 g/mol. The number of hydrogen-bond acceptors (Lipinski definition) is 3. The normalized spacial score (nSPS) is 30.2. The molecule has 2 aliphatic heterocycles. The number of rotatable bonds is 4. The highest BCUT2D eigenvalue weighted by molar-refractivity contribution is 5.78. The molecule has 0 bridgehead atoms. The maximum atomic E-state index is 12.0. The fraction of sp³-hybridized carbons (Fsp3) is 0.933. The summed E-state index contributed by atoms with van der Waals surface area (Å²) in [6, 6.07) is 0.572. The number of hydrogen-bond donors (Lipinski definition) is 2. The molecule has 0 aromatic heterocycles. The van der Waals surface area contributed by atoms with E-state index in [1.165, 1.54) is 25.9 Å². The second-order valence-corrected chi connectivity index (χ2v) is 6.41. The molecule has 4 nitrogen and oxygen atoms in total. The van der Waals surface area contributed by atoms with E-state index in [4.69, 9.17) is 0 Å². The van der Waals surface area contributed by atoms with Crippen molar-refractivity contribution in [1.82, 2.24) is 15.5 Å². The number of piperidine rings is 2. The van der Waals surface area contributed by atoms with Crippen molar-refractivity contribution >= 4 is 5.91 Å². The first-order chi connectivity index (χ1) is 9.15. The average Bonchev–Trinajstić information content (AvgIpc) is 2.41. The molecule has 0 saturated carbocycles. The van der Waals surface area contributed by atoms with Gasteiger partial charge in [-0.25, -0.2) is 0 Å². The lowest BCUT2D eigenvalue weighted by atomic mass is 9.93. The molecule has 0 aliphatic carbocycles. The zero-order valence-corrected chi connectivity index (χ0v) is 12.5. The van der Waals surface area contributed by atoms with E-state index in [1.807, 2.05) is 0 Å².